The monoisotopic (exact) mass is 536 g/mol. The lowest BCUT2D eigenvalue weighted by Gasteiger charge is -2.46. The third-order valence-corrected chi connectivity index (χ3v) is 8.71. The molecule has 3 aliphatic rings. The Kier molecular flexibility index (Phi) is 5.05. The Morgan fingerprint density at radius 2 is 1.95 bits per heavy atom. The van der Waals surface area contributed by atoms with Crippen molar-refractivity contribution in [1.82, 2.24) is 29.0 Å². The smallest absolute Gasteiger partial charge is 0.246 e. The number of nitrogens with zero attached hydrogens (tertiary/aromatic N) is 6. The molecule has 0 spiro atoms. The molecular weight excluding hydrogens is 507 g/mol. The van der Waals surface area contributed by atoms with Crippen molar-refractivity contribution in [2.24, 2.45) is 7.05 Å². The minimum absolute atomic E-state index is 0.0557. The van der Waals surface area contributed by atoms with Crippen molar-refractivity contribution in [2.45, 2.75) is 44.7 Å². The van der Waals surface area contributed by atoms with Crippen molar-refractivity contribution >= 4 is 28.0 Å². The SMILES string of the molecule is C=CC(=O)N1CC2(n3cc(-c4cc(C)c(Oc5ccc6c(c5)ncn6C)c(F)c4)c4c(C)ncnc43)CC1(C)C2. The van der Waals surface area contributed by atoms with Gasteiger partial charge in [0.05, 0.1) is 28.6 Å². The number of aryl methyl sites for hydroxylation is 3. The van der Waals surface area contributed by atoms with E-state index in [4.69, 9.17) is 4.74 Å². The number of hydrogen-bond donors (Lipinski definition) is 0. The molecule has 9 heteroatoms. The van der Waals surface area contributed by atoms with E-state index in [-0.39, 0.29) is 22.7 Å². The molecule has 2 aromatic carbocycles. The van der Waals surface area contributed by atoms with E-state index in [1.54, 1.807) is 12.7 Å². The molecule has 0 radical (unpaired) electrons. The molecule has 1 aliphatic carbocycles. The summed E-state index contributed by atoms with van der Waals surface area (Å²) < 4.78 is 25.8. The van der Waals surface area contributed by atoms with Gasteiger partial charge in [-0.15, -0.1) is 0 Å². The molecule has 8 rings (SSSR count). The Balaban J connectivity index is 1.29. The van der Waals surface area contributed by atoms with Gasteiger partial charge in [-0.1, -0.05) is 6.58 Å². The number of carbonyl (C=O) groups excluding carboxylic acids is 1. The van der Waals surface area contributed by atoms with Crippen LogP contribution in [-0.4, -0.2) is 47.0 Å². The first kappa shape index (κ1) is 24.5. The number of imidazole rings is 1. The van der Waals surface area contributed by atoms with Crippen LogP contribution in [0.5, 0.6) is 11.5 Å². The molecule has 0 atom stereocenters. The minimum Gasteiger partial charge on any atom is -0.454 e. The second kappa shape index (κ2) is 8.24. The first-order valence-corrected chi connectivity index (χ1v) is 13.3. The molecule has 2 aliphatic heterocycles. The molecule has 0 N–H and O–H groups in total. The van der Waals surface area contributed by atoms with Crippen molar-refractivity contribution < 1.29 is 13.9 Å². The second-order valence-corrected chi connectivity index (χ2v) is 11.5. The number of ether oxygens (including phenoxy) is 1. The van der Waals surface area contributed by atoms with Gasteiger partial charge < -0.3 is 18.8 Å². The van der Waals surface area contributed by atoms with Gasteiger partial charge in [0.1, 0.15) is 17.7 Å². The van der Waals surface area contributed by atoms with E-state index >= 15 is 4.39 Å². The third-order valence-electron chi connectivity index (χ3n) is 8.71. The fourth-order valence-electron chi connectivity index (χ4n) is 6.96. The number of hydrogen-bond acceptors (Lipinski definition) is 5. The molecule has 5 aromatic rings. The highest BCUT2D eigenvalue weighted by Crippen LogP contribution is 2.59. The lowest BCUT2D eigenvalue weighted by Crippen LogP contribution is -2.51. The summed E-state index contributed by atoms with van der Waals surface area (Å²) in [6.45, 7) is 10.2. The predicted octanol–water partition coefficient (Wildman–Crippen LogP) is 5.81. The van der Waals surface area contributed by atoms with E-state index in [0.29, 0.717) is 17.9 Å². The Hall–Kier alpha value is -4.53. The number of benzene rings is 2. The quantitative estimate of drug-likeness (QED) is 0.265. The highest BCUT2D eigenvalue weighted by Gasteiger charge is 2.65. The zero-order valence-corrected chi connectivity index (χ0v) is 22.9. The summed E-state index contributed by atoms with van der Waals surface area (Å²) in [5, 5.41) is 0.882. The van der Waals surface area contributed by atoms with Crippen LogP contribution in [0.3, 0.4) is 0 Å². The lowest BCUT2D eigenvalue weighted by molar-refractivity contribution is -0.129. The molecule has 40 heavy (non-hydrogen) atoms. The Bertz CT molecular complexity index is 1860. The summed E-state index contributed by atoms with van der Waals surface area (Å²) in [5.74, 6) is 0.191. The number of rotatable bonds is 5. The van der Waals surface area contributed by atoms with Crippen LogP contribution in [0.15, 0.2) is 61.8 Å². The number of carbonyl (C=O) groups is 1. The van der Waals surface area contributed by atoms with E-state index < -0.39 is 5.82 Å². The van der Waals surface area contributed by atoms with Crippen molar-refractivity contribution in [3.8, 4) is 22.6 Å². The fraction of sp³-hybridized carbons (Fsp3) is 0.290. The summed E-state index contributed by atoms with van der Waals surface area (Å²) in [5.41, 5.74) is 5.13. The van der Waals surface area contributed by atoms with Crippen molar-refractivity contribution in [3.05, 3.63) is 78.9 Å². The fourth-order valence-corrected chi connectivity index (χ4v) is 6.96. The van der Waals surface area contributed by atoms with Crippen LogP contribution < -0.4 is 4.74 Å². The largest absolute Gasteiger partial charge is 0.454 e. The van der Waals surface area contributed by atoms with Crippen LogP contribution in [0, 0.1) is 19.7 Å². The van der Waals surface area contributed by atoms with Crippen molar-refractivity contribution in [2.75, 3.05) is 6.54 Å². The van der Waals surface area contributed by atoms with Gasteiger partial charge in [-0.05, 0) is 75.1 Å². The Labute approximate surface area is 230 Å². The summed E-state index contributed by atoms with van der Waals surface area (Å²) in [6.07, 6.45) is 8.39. The lowest BCUT2D eigenvalue weighted by atomic mass is 9.68. The van der Waals surface area contributed by atoms with E-state index in [9.17, 15) is 4.79 Å². The van der Waals surface area contributed by atoms with Crippen LogP contribution >= 0.6 is 0 Å². The second-order valence-electron chi connectivity index (χ2n) is 11.5. The van der Waals surface area contributed by atoms with Gasteiger partial charge in [0, 0.05) is 42.3 Å². The van der Waals surface area contributed by atoms with Gasteiger partial charge in [-0.2, -0.15) is 0 Å². The number of fused-ring (bicyclic) bond motifs is 3. The normalized spacial score (nSPS) is 21.7. The number of amides is 1. The Morgan fingerprint density at radius 3 is 2.70 bits per heavy atom. The average Bonchev–Trinajstić information content (AvgIpc) is 3.64. The van der Waals surface area contributed by atoms with Crippen LogP contribution in [0.4, 0.5) is 4.39 Å². The minimum atomic E-state index is -0.454. The first-order valence-electron chi connectivity index (χ1n) is 13.3. The third kappa shape index (κ3) is 3.36. The summed E-state index contributed by atoms with van der Waals surface area (Å²) >= 11 is 0. The van der Waals surface area contributed by atoms with Crippen molar-refractivity contribution in [3.63, 3.8) is 0 Å². The molecule has 0 unspecified atom stereocenters. The topological polar surface area (TPSA) is 78.1 Å². The molecule has 8 nitrogen and oxygen atoms in total. The summed E-state index contributed by atoms with van der Waals surface area (Å²) in [7, 11) is 1.93. The number of halogens is 1. The van der Waals surface area contributed by atoms with E-state index in [2.05, 4.69) is 39.2 Å². The standard InChI is InChI=1S/C31H29FN6O2/c1-6-26(39)38-15-31(13-30(38,4)14-31)37-12-22(27-19(3)33-16-34-29(27)37)20-9-18(2)28(23(32)10-20)40-21-7-8-25-24(11-21)35-17-36(25)5/h6-12,16-17H,1,13-15H2,2-5H3. The highest BCUT2D eigenvalue weighted by molar-refractivity contribution is 5.96. The number of aromatic nitrogens is 5. The average molecular weight is 537 g/mol. The molecule has 2 bridgehead atoms. The predicted molar refractivity (Wildman–Crippen MR) is 151 cm³/mol. The van der Waals surface area contributed by atoms with Crippen LogP contribution in [0.25, 0.3) is 33.2 Å². The summed E-state index contributed by atoms with van der Waals surface area (Å²) in [4.78, 5) is 28.0. The van der Waals surface area contributed by atoms with Crippen LogP contribution in [0.1, 0.15) is 31.0 Å². The molecule has 5 heterocycles. The maximum atomic E-state index is 15.7. The molecule has 1 saturated carbocycles. The molecule has 3 aromatic heterocycles. The molecule has 3 fully saturated rings. The van der Waals surface area contributed by atoms with Gasteiger partial charge in [-0.3, -0.25) is 4.79 Å². The molecule has 1 amide bonds. The highest BCUT2D eigenvalue weighted by atomic mass is 19.1. The van der Waals surface area contributed by atoms with E-state index in [0.717, 1.165) is 51.7 Å². The zero-order valence-electron chi connectivity index (χ0n) is 22.9. The maximum absolute atomic E-state index is 15.7. The summed E-state index contributed by atoms with van der Waals surface area (Å²) in [6, 6.07) is 8.99. The maximum Gasteiger partial charge on any atom is 0.246 e. The van der Waals surface area contributed by atoms with Gasteiger partial charge in [0.25, 0.3) is 0 Å². The van der Waals surface area contributed by atoms with Crippen LogP contribution in [0.2, 0.25) is 0 Å². The van der Waals surface area contributed by atoms with E-state index in [1.165, 1.54) is 12.1 Å². The van der Waals surface area contributed by atoms with Gasteiger partial charge >= 0.3 is 0 Å². The first-order chi connectivity index (χ1) is 19.1. The van der Waals surface area contributed by atoms with Crippen LogP contribution in [-0.2, 0) is 17.4 Å². The van der Waals surface area contributed by atoms with Gasteiger partial charge in [0.2, 0.25) is 5.91 Å². The van der Waals surface area contributed by atoms with Gasteiger partial charge in [0.15, 0.2) is 11.6 Å². The van der Waals surface area contributed by atoms with Gasteiger partial charge in [-0.25, -0.2) is 19.3 Å². The molecular formula is C31H29FN6O2. The Morgan fingerprint density at radius 1 is 1.15 bits per heavy atom. The zero-order chi connectivity index (χ0) is 28.0. The van der Waals surface area contributed by atoms with E-state index in [1.807, 2.05) is 54.6 Å². The molecule has 2 saturated heterocycles. The molecule has 202 valence electrons. The van der Waals surface area contributed by atoms with Crippen molar-refractivity contribution in [1.29, 1.82) is 0 Å².